The van der Waals surface area contributed by atoms with Gasteiger partial charge in [0.05, 0.1) is 5.25 Å². The number of hydrogen-bond acceptors (Lipinski definition) is 5. The smallest absolute Gasteiger partial charge is 0.233 e. The topological polar surface area (TPSA) is 85.8 Å². The second kappa shape index (κ2) is 7.25. The standard InChI is InChI=1S/C11H21N5OS/c1-4-5-6-7-13-9(17)8(2)18-11-15-14-10(12)16(11)3/h8H,4-7H2,1-3H3,(H2,12,14)(H,13,17). The lowest BCUT2D eigenvalue weighted by Gasteiger charge is -2.11. The highest BCUT2D eigenvalue weighted by molar-refractivity contribution is 8.00. The van der Waals surface area contributed by atoms with Crippen LogP contribution in [0.4, 0.5) is 5.95 Å². The molecule has 0 spiro atoms. The van der Waals surface area contributed by atoms with Gasteiger partial charge in [0.2, 0.25) is 11.9 Å². The van der Waals surface area contributed by atoms with Crippen molar-refractivity contribution in [2.24, 2.45) is 7.05 Å². The average Bonchev–Trinajstić information content (AvgIpc) is 2.66. The Morgan fingerprint density at radius 2 is 2.22 bits per heavy atom. The number of amides is 1. The van der Waals surface area contributed by atoms with E-state index < -0.39 is 0 Å². The number of rotatable bonds is 7. The molecule has 0 fully saturated rings. The minimum absolute atomic E-state index is 0.0256. The second-order valence-electron chi connectivity index (χ2n) is 4.16. The molecule has 0 saturated heterocycles. The molecule has 1 atom stereocenters. The van der Waals surface area contributed by atoms with Crippen molar-refractivity contribution in [1.29, 1.82) is 0 Å². The number of nitrogens with two attached hydrogens (primary N) is 1. The lowest BCUT2D eigenvalue weighted by atomic mass is 10.2. The number of hydrogen-bond donors (Lipinski definition) is 2. The quantitative estimate of drug-likeness (QED) is 0.574. The Morgan fingerprint density at radius 3 is 2.78 bits per heavy atom. The van der Waals surface area contributed by atoms with Gasteiger partial charge in [-0.15, -0.1) is 10.2 Å². The first kappa shape index (κ1) is 14.8. The van der Waals surface area contributed by atoms with Crippen molar-refractivity contribution in [3.05, 3.63) is 0 Å². The van der Waals surface area contributed by atoms with E-state index >= 15 is 0 Å². The van der Waals surface area contributed by atoms with E-state index in [2.05, 4.69) is 22.4 Å². The van der Waals surface area contributed by atoms with Gasteiger partial charge in [-0.2, -0.15) is 0 Å². The summed E-state index contributed by atoms with van der Waals surface area (Å²) in [6.45, 7) is 4.72. The number of nitrogens with one attached hydrogen (secondary N) is 1. The largest absolute Gasteiger partial charge is 0.368 e. The van der Waals surface area contributed by atoms with Crippen molar-refractivity contribution in [1.82, 2.24) is 20.1 Å². The van der Waals surface area contributed by atoms with Crippen LogP contribution in [0.3, 0.4) is 0 Å². The van der Waals surface area contributed by atoms with E-state index in [9.17, 15) is 4.79 Å². The molecule has 1 amide bonds. The van der Waals surface area contributed by atoms with Crippen molar-refractivity contribution in [3.8, 4) is 0 Å². The first-order valence-corrected chi connectivity index (χ1v) is 7.03. The van der Waals surface area contributed by atoms with Crippen molar-refractivity contribution in [2.75, 3.05) is 12.3 Å². The minimum Gasteiger partial charge on any atom is -0.368 e. The molecule has 0 aromatic carbocycles. The van der Waals surface area contributed by atoms with Crippen LogP contribution in [-0.2, 0) is 11.8 Å². The van der Waals surface area contributed by atoms with Crippen LogP contribution in [0, 0.1) is 0 Å². The van der Waals surface area contributed by atoms with E-state index in [1.165, 1.54) is 11.8 Å². The highest BCUT2D eigenvalue weighted by Crippen LogP contribution is 2.21. The third-order valence-electron chi connectivity index (χ3n) is 2.60. The number of thioether (sulfide) groups is 1. The maximum absolute atomic E-state index is 11.8. The van der Waals surface area contributed by atoms with Gasteiger partial charge in [-0.1, -0.05) is 31.5 Å². The van der Waals surface area contributed by atoms with Gasteiger partial charge in [-0.25, -0.2) is 0 Å². The molecule has 3 N–H and O–H groups in total. The molecular weight excluding hydrogens is 250 g/mol. The van der Waals surface area contributed by atoms with Crippen molar-refractivity contribution >= 4 is 23.6 Å². The van der Waals surface area contributed by atoms with Gasteiger partial charge in [0, 0.05) is 13.6 Å². The van der Waals surface area contributed by atoms with Gasteiger partial charge in [-0.3, -0.25) is 9.36 Å². The Morgan fingerprint density at radius 1 is 1.50 bits per heavy atom. The van der Waals surface area contributed by atoms with Gasteiger partial charge in [0.25, 0.3) is 0 Å². The number of nitrogen functional groups attached to an aromatic ring is 1. The van der Waals surface area contributed by atoms with Gasteiger partial charge < -0.3 is 11.1 Å². The molecule has 1 aromatic heterocycles. The van der Waals surface area contributed by atoms with Crippen LogP contribution in [0.1, 0.15) is 33.1 Å². The van der Waals surface area contributed by atoms with Crippen molar-refractivity contribution < 1.29 is 4.79 Å². The fraction of sp³-hybridized carbons (Fsp3) is 0.727. The maximum atomic E-state index is 11.8. The maximum Gasteiger partial charge on any atom is 0.233 e. The van der Waals surface area contributed by atoms with E-state index in [0.717, 1.165) is 25.8 Å². The Kier molecular flexibility index (Phi) is 5.97. The summed E-state index contributed by atoms with van der Waals surface area (Å²) in [7, 11) is 1.78. The zero-order chi connectivity index (χ0) is 13.5. The second-order valence-corrected chi connectivity index (χ2v) is 5.47. The number of unbranched alkanes of at least 4 members (excludes halogenated alkanes) is 2. The summed E-state index contributed by atoms with van der Waals surface area (Å²) >= 11 is 1.36. The van der Waals surface area contributed by atoms with Crippen LogP contribution < -0.4 is 11.1 Å². The molecule has 0 radical (unpaired) electrons. The molecule has 0 saturated carbocycles. The fourth-order valence-electron chi connectivity index (χ4n) is 1.37. The Labute approximate surface area is 112 Å². The SMILES string of the molecule is CCCCCNC(=O)C(C)Sc1nnc(N)n1C. The summed E-state index contributed by atoms with van der Waals surface area (Å²) in [4.78, 5) is 11.8. The third-order valence-corrected chi connectivity index (χ3v) is 3.73. The van der Waals surface area contributed by atoms with Gasteiger partial charge in [0.1, 0.15) is 0 Å². The monoisotopic (exact) mass is 271 g/mol. The van der Waals surface area contributed by atoms with Crippen LogP contribution in [0.2, 0.25) is 0 Å². The van der Waals surface area contributed by atoms with Crippen LogP contribution in [0.5, 0.6) is 0 Å². The molecule has 18 heavy (non-hydrogen) atoms. The molecule has 6 nitrogen and oxygen atoms in total. The summed E-state index contributed by atoms with van der Waals surface area (Å²) in [6.07, 6.45) is 3.32. The first-order chi connectivity index (χ1) is 8.56. The number of aromatic nitrogens is 3. The molecule has 1 heterocycles. The van der Waals surface area contributed by atoms with E-state index in [4.69, 9.17) is 5.73 Å². The van der Waals surface area contributed by atoms with Gasteiger partial charge in [-0.05, 0) is 13.3 Å². The van der Waals surface area contributed by atoms with Crippen molar-refractivity contribution in [3.63, 3.8) is 0 Å². The van der Waals surface area contributed by atoms with E-state index in [1.807, 2.05) is 6.92 Å². The van der Waals surface area contributed by atoms with Gasteiger partial charge in [0.15, 0.2) is 5.16 Å². The molecule has 1 rings (SSSR count). The molecule has 0 bridgehead atoms. The average molecular weight is 271 g/mol. The van der Waals surface area contributed by atoms with Crippen LogP contribution >= 0.6 is 11.8 Å². The number of carbonyl (C=O) groups excluding carboxylic acids is 1. The lowest BCUT2D eigenvalue weighted by molar-refractivity contribution is -0.120. The highest BCUT2D eigenvalue weighted by Gasteiger charge is 2.17. The predicted molar refractivity (Wildman–Crippen MR) is 73.3 cm³/mol. The molecule has 1 unspecified atom stereocenters. The minimum atomic E-state index is -0.200. The van der Waals surface area contributed by atoms with E-state index in [-0.39, 0.29) is 11.2 Å². The molecule has 102 valence electrons. The first-order valence-electron chi connectivity index (χ1n) is 6.15. The summed E-state index contributed by atoms with van der Waals surface area (Å²) in [5.74, 6) is 0.380. The normalized spacial score (nSPS) is 12.4. The number of nitrogens with zero attached hydrogens (tertiary/aromatic N) is 3. The van der Waals surface area contributed by atoms with Crippen LogP contribution in [0.25, 0.3) is 0 Å². The summed E-state index contributed by atoms with van der Waals surface area (Å²) in [6, 6.07) is 0. The lowest BCUT2D eigenvalue weighted by Crippen LogP contribution is -2.31. The molecule has 0 aliphatic heterocycles. The zero-order valence-corrected chi connectivity index (χ0v) is 12.0. The zero-order valence-electron chi connectivity index (χ0n) is 11.1. The predicted octanol–water partition coefficient (Wildman–Crippen LogP) is 1.18. The summed E-state index contributed by atoms with van der Waals surface area (Å²) in [5.41, 5.74) is 5.58. The molecule has 0 aliphatic carbocycles. The van der Waals surface area contributed by atoms with Crippen LogP contribution in [0.15, 0.2) is 5.16 Å². The third kappa shape index (κ3) is 4.21. The highest BCUT2D eigenvalue weighted by atomic mass is 32.2. The number of carbonyl (C=O) groups is 1. The Bertz CT molecular complexity index is 393. The summed E-state index contributed by atoms with van der Waals surface area (Å²) < 4.78 is 1.67. The summed E-state index contributed by atoms with van der Waals surface area (Å²) in [5, 5.41) is 11.0. The molecular formula is C11H21N5OS. The van der Waals surface area contributed by atoms with Gasteiger partial charge >= 0.3 is 0 Å². The van der Waals surface area contributed by atoms with E-state index in [0.29, 0.717) is 11.1 Å². The molecule has 1 aromatic rings. The Balaban J connectivity index is 2.38. The molecule has 7 heteroatoms. The van der Waals surface area contributed by atoms with Crippen molar-refractivity contribution in [2.45, 2.75) is 43.5 Å². The Hall–Kier alpha value is -1.24. The fourth-order valence-corrected chi connectivity index (χ4v) is 2.22. The van der Waals surface area contributed by atoms with Crippen LogP contribution in [-0.4, -0.2) is 32.5 Å². The van der Waals surface area contributed by atoms with E-state index in [1.54, 1.807) is 11.6 Å². The number of anilines is 1. The molecule has 0 aliphatic rings.